The molecule has 2 aliphatic rings. The van der Waals surface area contributed by atoms with Crippen LogP contribution in [-0.2, 0) is 0 Å². The highest BCUT2D eigenvalue weighted by molar-refractivity contribution is 6.08. The maximum Gasteiger partial charge on any atom is 0.256 e. The SMILES string of the molecule is C1CC1.C=C1NC(=O)c2ccccc21. The fourth-order valence-corrected chi connectivity index (χ4v) is 1.22. The van der Waals surface area contributed by atoms with Gasteiger partial charge in [-0.05, 0) is 6.07 Å². The van der Waals surface area contributed by atoms with E-state index in [0.29, 0.717) is 5.70 Å². The van der Waals surface area contributed by atoms with Crippen LogP contribution >= 0.6 is 0 Å². The zero-order chi connectivity index (χ0) is 9.97. The summed E-state index contributed by atoms with van der Waals surface area (Å²) < 4.78 is 0. The highest BCUT2D eigenvalue weighted by Gasteiger charge is 2.20. The Morgan fingerprint density at radius 3 is 2.14 bits per heavy atom. The first-order chi connectivity index (χ1) is 6.79. The van der Waals surface area contributed by atoms with E-state index in [2.05, 4.69) is 11.9 Å². The van der Waals surface area contributed by atoms with Crippen LogP contribution in [0.5, 0.6) is 0 Å². The molecule has 3 rings (SSSR count). The molecule has 1 aromatic carbocycles. The van der Waals surface area contributed by atoms with Gasteiger partial charge in [-0.1, -0.05) is 44.0 Å². The molecule has 1 aromatic rings. The number of carbonyl (C=O) groups is 1. The van der Waals surface area contributed by atoms with Crippen LogP contribution in [0.2, 0.25) is 0 Å². The first-order valence-corrected chi connectivity index (χ1v) is 4.89. The Balaban J connectivity index is 0.000000214. The van der Waals surface area contributed by atoms with E-state index in [-0.39, 0.29) is 5.91 Å². The van der Waals surface area contributed by atoms with Crippen LogP contribution in [-0.4, -0.2) is 5.91 Å². The van der Waals surface area contributed by atoms with Gasteiger partial charge in [0, 0.05) is 16.8 Å². The van der Waals surface area contributed by atoms with E-state index in [1.54, 1.807) is 6.07 Å². The maximum absolute atomic E-state index is 11.1. The van der Waals surface area contributed by atoms with Crippen molar-refractivity contribution in [2.24, 2.45) is 0 Å². The summed E-state index contributed by atoms with van der Waals surface area (Å²) >= 11 is 0. The van der Waals surface area contributed by atoms with Gasteiger partial charge in [-0.3, -0.25) is 4.79 Å². The smallest absolute Gasteiger partial charge is 0.256 e. The number of amides is 1. The third-order valence-electron chi connectivity index (χ3n) is 2.11. The van der Waals surface area contributed by atoms with E-state index in [1.165, 1.54) is 19.3 Å². The number of fused-ring (bicyclic) bond motifs is 1. The Labute approximate surface area is 83.6 Å². The molecule has 0 spiro atoms. The van der Waals surface area contributed by atoms with Gasteiger partial charge in [-0.25, -0.2) is 0 Å². The molecule has 0 saturated heterocycles. The molecule has 14 heavy (non-hydrogen) atoms. The Morgan fingerprint density at radius 1 is 1.07 bits per heavy atom. The standard InChI is InChI=1S/C9H7NO.C3H6/c1-6-7-4-2-3-5-8(7)9(11)10-6;1-2-3-1/h2-5H,1H2,(H,10,11);1-3H2. The summed E-state index contributed by atoms with van der Waals surface area (Å²) in [6, 6.07) is 7.42. The van der Waals surface area contributed by atoms with Crippen molar-refractivity contribution in [3.63, 3.8) is 0 Å². The van der Waals surface area contributed by atoms with Gasteiger partial charge >= 0.3 is 0 Å². The molecular formula is C12H13NO. The van der Waals surface area contributed by atoms with Crippen LogP contribution in [0.1, 0.15) is 35.2 Å². The van der Waals surface area contributed by atoms with E-state index in [4.69, 9.17) is 0 Å². The number of rotatable bonds is 0. The minimum atomic E-state index is -0.0504. The lowest BCUT2D eigenvalue weighted by molar-refractivity contribution is 0.0981. The number of nitrogens with one attached hydrogen (secondary N) is 1. The maximum atomic E-state index is 11.1. The first-order valence-electron chi connectivity index (χ1n) is 4.89. The van der Waals surface area contributed by atoms with Gasteiger partial charge in [0.2, 0.25) is 0 Å². The van der Waals surface area contributed by atoms with Crippen molar-refractivity contribution in [3.8, 4) is 0 Å². The second kappa shape index (κ2) is 3.66. The third kappa shape index (κ3) is 1.84. The van der Waals surface area contributed by atoms with Crippen molar-refractivity contribution in [1.82, 2.24) is 5.32 Å². The van der Waals surface area contributed by atoms with Crippen molar-refractivity contribution in [2.45, 2.75) is 19.3 Å². The van der Waals surface area contributed by atoms with Gasteiger partial charge in [-0.15, -0.1) is 0 Å². The molecule has 0 atom stereocenters. The molecule has 0 radical (unpaired) electrons. The monoisotopic (exact) mass is 187 g/mol. The Morgan fingerprint density at radius 2 is 1.64 bits per heavy atom. The summed E-state index contributed by atoms with van der Waals surface area (Å²) in [7, 11) is 0. The van der Waals surface area contributed by atoms with Gasteiger partial charge in [0.1, 0.15) is 0 Å². The summed E-state index contributed by atoms with van der Waals surface area (Å²) in [4.78, 5) is 11.1. The Kier molecular flexibility index (Phi) is 2.35. The largest absolute Gasteiger partial charge is 0.322 e. The molecule has 0 unspecified atom stereocenters. The highest BCUT2D eigenvalue weighted by atomic mass is 16.1. The molecule has 2 nitrogen and oxygen atoms in total. The molecule has 1 heterocycles. The average Bonchev–Trinajstić information content (AvgIpc) is 3.02. The topological polar surface area (TPSA) is 29.1 Å². The van der Waals surface area contributed by atoms with Crippen molar-refractivity contribution in [3.05, 3.63) is 42.0 Å². The first kappa shape index (κ1) is 9.00. The molecule has 0 aromatic heterocycles. The summed E-state index contributed by atoms with van der Waals surface area (Å²) in [5.74, 6) is -0.0504. The van der Waals surface area contributed by atoms with Crippen LogP contribution < -0.4 is 5.32 Å². The molecule has 72 valence electrons. The van der Waals surface area contributed by atoms with Crippen LogP contribution in [0.15, 0.2) is 30.8 Å². The summed E-state index contributed by atoms with van der Waals surface area (Å²) in [6.07, 6.45) is 4.50. The van der Waals surface area contributed by atoms with Gasteiger partial charge in [0.15, 0.2) is 0 Å². The van der Waals surface area contributed by atoms with E-state index >= 15 is 0 Å². The van der Waals surface area contributed by atoms with Crippen LogP contribution in [0.25, 0.3) is 5.70 Å². The lowest BCUT2D eigenvalue weighted by atomic mass is 10.1. The molecule has 0 bridgehead atoms. The van der Waals surface area contributed by atoms with Gasteiger partial charge in [0.25, 0.3) is 5.91 Å². The van der Waals surface area contributed by atoms with Crippen molar-refractivity contribution >= 4 is 11.6 Å². The average molecular weight is 187 g/mol. The van der Waals surface area contributed by atoms with E-state index in [9.17, 15) is 4.79 Å². The predicted molar refractivity (Wildman–Crippen MR) is 56.8 cm³/mol. The van der Waals surface area contributed by atoms with E-state index in [1.807, 2.05) is 18.2 Å². The number of benzene rings is 1. The lowest BCUT2D eigenvalue weighted by Crippen LogP contribution is -2.11. The van der Waals surface area contributed by atoms with Crippen molar-refractivity contribution in [1.29, 1.82) is 0 Å². The zero-order valence-electron chi connectivity index (χ0n) is 8.05. The van der Waals surface area contributed by atoms with E-state index < -0.39 is 0 Å². The summed E-state index contributed by atoms with van der Waals surface area (Å²) in [5.41, 5.74) is 2.33. The van der Waals surface area contributed by atoms with Crippen LogP contribution in [0, 0.1) is 0 Å². The highest BCUT2D eigenvalue weighted by Crippen LogP contribution is 2.21. The lowest BCUT2D eigenvalue weighted by Gasteiger charge is -1.92. The fourth-order valence-electron chi connectivity index (χ4n) is 1.22. The Bertz CT molecular complexity index is 344. The second-order valence-corrected chi connectivity index (χ2v) is 3.54. The molecule has 1 saturated carbocycles. The molecule has 2 heteroatoms. The molecule has 1 amide bonds. The molecule has 1 aliphatic heterocycles. The van der Waals surface area contributed by atoms with Crippen molar-refractivity contribution < 1.29 is 4.79 Å². The Hall–Kier alpha value is -1.57. The molecule has 1 fully saturated rings. The predicted octanol–water partition coefficient (Wildman–Crippen LogP) is 2.57. The van der Waals surface area contributed by atoms with Gasteiger partial charge in [-0.2, -0.15) is 0 Å². The van der Waals surface area contributed by atoms with Crippen LogP contribution in [0.3, 0.4) is 0 Å². The normalized spacial score (nSPS) is 16.6. The van der Waals surface area contributed by atoms with Gasteiger partial charge in [0.05, 0.1) is 0 Å². The number of hydrogen-bond acceptors (Lipinski definition) is 1. The molecule has 1 aliphatic carbocycles. The summed E-state index contributed by atoms with van der Waals surface area (Å²) in [5, 5.41) is 2.65. The number of hydrogen-bond donors (Lipinski definition) is 1. The quantitative estimate of drug-likeness (QED) is 0.664. The second-order valence-electron chi connectivity index (χ2n) is 3.54. The minimum absolute atomic E-state index is 0.0504. The third-order valence-corrected chi connectivity index (χ3v) is 2.11. The van der Waals surface area contributed by atoms with Gasteiger partial charge < -0.3 is 5.32 Å². The van der Waals surface area contributed by atoms with E-state index in [0.717, 1.165) is 11.1 Å². The number of carbonyl (C=O) groups excluding carboxylic acids is 1. The summed E-state index contributed by atoms with van der Waals surface area (Å²) in [6.45, 7) is 3.71. The zero-order valence-corrected chi connectivity index (χ0v) is 8.05. The molecule has 1 N–H and O–H groups in total. The minimum Gasteiger partial charge on any atom is -0.322 e. The fraction of sp³-hybridized carbons (Fsp3) is 0.250. The van der Waals surface area contributed by atoms with Crippen molar-refractivity contribution in [2.75, 3.05) is 0 Å². The molecular weight excluding hydrogens is 174 g/mol. The van der Waals surface area contributed by atoms with Crippen LogP contribution in [0.4, 0.5) is 0 Å².